The molecule has 2 aliphatic rings. The Hall–Kier alpha value is -1.16. The minimum absolute atomic E-state index is 0.191. The van der Waals surface area contributed by atoms with Crippen molar-refractivity contribution in [1.29, 1.82) is 0 Å². The van der Waals surface area contributed by atoms with E-state index < -0.39 is 0 Å². The first kappa shape index (κ1) is 9.09. The molecule has 1 aromatic rings. The van der Waals surface area contributed by atoms with Crippen molar-refractivity contribution in [3.63, 3.8) is 0 Å². The van der Waals surface area contributed by atoms with Crippen LogP contribution in [0.1, 0.15) is 42.7 Å². The van der Waals surface area contributed by atoms with Gasteiger partial charge in [-0.05, 0) is 19.3 Å². The summed E-state index contributed by atoms with van der Waals surface area (Å²) in [7, 11) is 1.98. The molecule has 0 amide bonds. The third kappa shape index (κ3) is 1.59. The zero-order valence-corrected chi connectivity index (χ0v) is 8.93. The minimum Gasteiger partial charge on any atom is -0.324 e. The number of hydrogen-bond donors (Lipinski definition) is 1. The maximum atomic E-state index is 5.85. The molecule has 3 rings (SSSR count). The molecule has 2 atom stereocenters. The fraction of sp³-hybridized carbons (Fsp3) is 0.636. The lowest BCUT2D eigenvalue weighted by atomic mass is 10.1. The van der Waals surface area contributed by atoms with Gasteiger partial charge in [-0.15, -0.1) is 0 Å². The van der Waals surface area contributed by atoms with Crippen molar-refractivity contribution in [3.8, 4) is 0 Å². The predicted octanol–water partition coefficient (Wildman–Crippen LogP) is 1.06. The third-order valence-corrected chi connectivity index (χ3v) is 3.20. The van der Waals surface area contributed by atoms with Gasteiger partial charge in [-0.3, -0.25) is 4.68 Å². The van der Waals surface area contributed by atoms with Crippen LogP contribution in [0.2, 0.25) is 0 Å². The van der Waals surface area contributed by atoms with Gasteiger partial charge in [0.05, 0.1) is 0 Å². The van der Waals surface area contributed by atoms with Crippen LogP contribution in [0.25, 0.3) is 0 Å². The molecule has 4 nitrogen and oxygen atoms in total. The highest BCUT2D eigenvalue weighted by atomic mass is 15.3. The van der Waals surface area contributed by atoms with Crippen LogP contribution in [0, 0.1) is 0 Å². The average molecular weight is 204 g/mol. The van der Waals surface area contributed by atoms with Crippen molar-refractivity contribution < 1.29 is 0 Å². The number of nitrogens with two attached hydrogens (primary N) is 1. The lowest BCUT2D eigenvalue weighted by Gasteiger charge is -2.07. The summed E-state index contributed by atoms with van der Waals surface area (Å²) in [4.78, 5) is 4.63. The molecule has 1 aromatic heterocycles. The Kier molecular flexibility index (Phi) is 1.92. The van der Waals surface area contributed by atoms with E-state index in [0.717, 1.165) is 18.1 Å². The summed E-state index contributed by atoms with van der Waals surface area (Å²) in [6.45, 7) is 0. The van der Waals surface area contributed by atoms with E-state index in [2.05, 4.69) is 22.2 Å². The second kappa shape index (κ2) is 3.17. The summed E-state index contributed by atoms with van der Waals surface area (Å²) in [5, 5.41) is 4.47. The van der Waals surface area contributed by atoms with Crippen LogP contribution in [0.5, 0.6) is 0 Å². The summed E-state index contributed by atoms with van der Waals surface area (Å²) < 4.78 is 1.92. The first-order valence-corrected chi connectivity index (χ1v) is 5.59. The monoisotopic (exact) mass is 204 g/mol. The standard InChI is InChI=1S/C11H16N4/c1-15-11(8-4-5-9(12)6-8)13-10(14-15)7-2-3-7/h4-5,7-9H,2-3,6,12H2,1H3. The van der Waals surface area contributed by atoms with E-state index in [9.17, 15) is 0 Å². The number of aromatic nitrogens is 3. The molecule has 1 saturated carbocycles. The maximum absolute atomic E-state index is 5.85. The Labute approximate surface area is 89.2 Å². The van der Waals surface area contributed by atoms with E-state index in [1.165, 1.54) is 12.8 Å². The molecule has 0 spiro atoms. The Balaban J connectivity index is 1.87. The normalized spacial score (nSPS) is 30.0. The second-order valence-corrected chi connectivity index (χ2v) is 4.62. The Bertz CT molecular complexity index is 403. The number of rotatable bonds is 2. The number of hydrogen-bond acceptors (Lipinski definition) is 3. The number of nitrogens with zero attached hydrogens (tertiary/aromatic N) is 3. The molecule has 15 heavy (non-hydrogen) atoms. The smallest absolute Gasteiger partial charge is 0.154 e. The van der Waals surface area contributed by atoms with E-state index in [1.807, 2.05) is 11.7 Å². The molecule has 0 aliphatic heterocycles. The largest absolute Gasteiger partial charge is 0.324 e. The van der Waals surface area contributed by atoms with Crippen LogP contribution >= 0.6 is 0 Å². The highest BCUT2D eigenvalue weighted by Crippen LogP contribution is 2.39. The molecule has 0 saturated heterocycles. The van der Waals surface area contributed by atoms with Crippen LogP contribution in [0.3, 0.4) is 0 Å². The van der Waals surface area contributed by atoms with Gasteiger partial charge in [0.1, 0.15) is 5.82 Å². The van der Waals surface area contributed by atoms with E-state index >= 15 is 0 Å². The van der Waals surface area contributed by atoms with Crippen molar-refractivity contribution in [2.45, 2.75) is 37.1 Å². The summed E-state index contributed by atoms with van der Waals surface area (Å²) in [5.74, 6) is 3.09. The molecular weight excluding hydrogens is 188 g/mol. The van der Waals surface area contributed by atoms with Crippen LogP contribution in [-0.4, -0.2) is 20.8 Å². The van der Waals surface area contributed by atoms with Crippen molar-refractivity contribution in [2.75, 3.05) is 0 Å². The topological polar surface area (TPSA) is 56.7 Å². The van der Waals surface area contributed by atoms with Crippen molar-refractivity contribution in [2.24, 2.45) is 12.8 Å². The van der Waals surface area contributed by atoms with E-state index in [4.69, 9.17) is 5.73 Å². The van der Waals surface area contributed by atoms with Crippen LogP contribution < -0.4 is 5.73 Å². The lowest BCUT2D eigenvalue weighted by Crippen LogP contribution is -2.15. The highest BCUT2D eigenvalue weighted by molar-refractivity contribution is 5.19. The van der Waals surface area contributed by atoms with E-state index in [-0.39, 0.29) is 6.04 Å². The lowest BCUT2D eigenvalue weighted by molar-refractivity contribution is 0.620. The number of allylic oxidation sites excluding steroid dienone is 1. The quantitative estimate of drug-likeness (QED) is 0.733. The van der Waals surface area contributed by atoms with Gasteiger partial charge in [-0.25, -0.2) is 4.98 Å². The fourth-order valence-electron chi connectivity index (χ4n) is 2.17. The fourth-order valence-corrected chi connectivity index (χ4v) is 2.17. The van der Waals surface area contributed by atoms with Gasteiger partial charge in [0.15, 0.2) is 5.82 Å². The molecule has 4 heteroatoms. The molecule has 2 N–H and O–H groups in total. The molecule has 0 radical (unpaired) electrons. The van der Waals surface area contributed by atoms with Gasteiger partial charge in [0.25, 0.3) is 0 Å². The van der Waals surface area contributed by atoms with Gasteiger partial charge in [-0.2, -0.15) is 5.10 Å². The molecule has 2 aliphatic carbocycles. The van der Waals surface area contributed by atoms with Gasteiger partial charge in [0, 0.05) is 24.9 Å². The minimum atomic E-state index is 0.191. The van der Waals surface area contributed by atoms with Crippen molar-refractivity contribution in [1.82, 2.24) is 14.8 Å². The van der Waals surface area contributed by atoms with Crippen LogP contribution in [-0.2, 0) is 7.05 Å². The summed E-state index contributed by atoms with van der Waals surface area (Å²) in [6.07, 6.45) is 7.70. The predicted molar refractivity (Wildman–Crippen MR) is 57.5 cm³/mol. The highest BCUT2D eigenvalue weighted by Gasteiger charge is 2.30. The summed E-state index contributed by atoms with van der Waals surface area (Å²) in [6, 6.07) is 0.191. The molecule has 80 valence electrons. The van der Waals surface area contributed by atoms with Gasteiger partial charge in [0.2, 0.25) is 0 Å². The zero-order valence-electron chi connectivity index (χ0n) is 8.93. The molecule has 1 heterocycles. The maximum Gasteiger partial charge on any atom is 0.154 e. The molecule has 0 aromatic carbocycles. The molecule has 2 unspecified atom stereocenters. The van der Waals surface area contributed by atoms with E-state index in [1.54, 1.807) is 0 Å². The Morgan fingerprint density at radius 3 is 2.80 bits per heavy atom. The summed E-state index contributed by atoms with van der Waals surface area (Å²) in [5.41, 5.74) is 5.85. The first-order chi connectivity index (χ1) is 7.24. The van der Waals surface area contributed by atoms with E-state index in [0.29, 0.717) is 11.8 Å². The molecule has 1 fully saturated rings. The Morgan fingerprint density at radius 1 is 1.40 bits per heavy atom. The second-order valence-electron chi connectivity index (χ2n) is 4.62. The SMILES string of the molecule is Cn1nc(C2CC2)nc1C1C=CC(N)C1. The average Bonchev–Trinajstić information content (AvgIpc) is 2.86. The van der Waals surface area contributed by atoms with Crippen LogP contribution in [0.4, 0.5) is 0 Å². The first-order valence-electron chi connectivity index (χ1n) is 5.59. The zero-order chi connectivity index (χ0) is 10.4. The van der Waals surface area contributed by atoms with Crippen molar-refractivity contribution in [3.05, 3.63) is 23.8 Å². The van der Waals surface area contributed by atoms with Crippen LogP contribution in [0.15, 0.2) is 12.2 Å². The summed E-state index contributed by atoms with van der Waals surface area (Å²) >= 11 is 0. The van der Waals surface area contributed by atoms with Gasteiger partial charge in [-0.1, -0.05) is 12.2 Å². The van der Waals surface area contributed by atoms with Crippen molar-refractivity contribution >= 4 is 0 Å². The van der Waals surface area contributed by atoms with Gasteiger partial charge < -0.3 is 5.73 Å². The molecule has 0 bridgehead atoms. The number of aryl methyl sites for hydroxylation is 1. The van der Waals surface area contributed by atoms with Gasteiger partial charge >= 0.3 is 0 Å². The molecular formula is C11H16N4. The Morgan fingerprint density at radius 2 is 2.20 bits per heavy atom. The third-order valence-electron chi connectivity index (χ3n) is 3.20.